The number of hydrogen-bond acceptors (Lipinski definition) is 7. The summed E-state index contributed by atoms with van der Waals surface area (Å²) in [6, 6.07) is 5.66. The van der Waals surface area contributed by atoms with E-state index < -0.39 is 0 Å². The molecule has 2 aromatic heterocycles. The van der Waals surface area contributed by atoms with Gasteiger partial charge in [-0.25, -0.2) is 9.97 Å². The van der Waals surface area contributed by atoms with E-state index >= 15 is 0 Å². The summed E-state index contributed by atoms with van der Waals surface area (Å²) in [6.45, 7) is 2.44. The average molecular weight is 410 g/mol. The Hall–Kier alpha value is -3.07. The van der Waals surface area contributed by atoms with E-state index in [4.69, 9.17) is 4.74 Å². The van der Waals surface area contributed by atoms with Crippen LogP contribution in [-0.4, -0.2) is 69.4 Å². The van der Waals surface area contributed by atoms with E-state index in [0.717, 1.165) is 31.5 Å². The van der Waals surface area contributed by atoms with Crippen molar-refractivity contribution in [1.82, 2.24) is 24.8 Å². The number of rotatable bonds is 8. The maximum atomic E-state index is 12.7. The second kappa shape index (κ2) is 9.62. The molecule has 0 aromatic carbocycles. The third-order valence-electron chi connectivity index (χ3n) is 5.41. The average Bonchev–Trinajstić information content (AvgIpc) is 3.41. The summed E-state index contributed by atoms with van der Waals surface area (Å²) in [5, 5.41) is 3.14. The van der Waals surface area contributed by atoms with E-state index in [0.29, 0.717) is 37.8 Å². The highest BCUT2D eigenvalue weighted by Crippen LogP contribution is 2.31. The van der Waals surface area contributed by atoms with Crippen LogP contribution < -0.4 is 5.32 Å². The molecule has 4 heterocycles. The lowest BCUT2D eigenvalue weighted by atomic mass is 10.1. The van der Waals surface area contributed by atoms with Gasteiger partial charge in [-0.1, -0.05) is 6.07 Å². The van der Waals surface area contributed by atoms with Crippen molar-refractivity contribution >= 4 is 23.5 Å². The first-order chi connectivity index (χ1) is 14.7. The van der Waals surface area contributed by atoms with Gasteiger partial charge in [0.15, 0.2) is 0 Å². The molecule has 158 valence electrons. The Kier molecular flexibility index (Phi) is 6.48. The number of aromatic nitrogens is 3. The molecule has 2 aromatic rings. The van der Waals surface area contributed by atoms with Crippen LogP contribution in [0.3, 0.4) is 0 Å². The van der Waals surface area contributed by atoms with Crippen molar-refractivity contribution < 1.29 is 14.3 Å². The van der Waals surface area contributed by atoms with E-state index in [1.54, 1.807) is 23.5 Å². The van der Waals surface area contributed by atoms with Crippen LogP contribution in [0.2, 0.25) is 0 Å². The maximum Gasteiger partial charge on any atom is 0.249 e. The summed E-state index contributed by atoms with van der Waals surface area (Å²) >= 11 is 0. The molecule has 0 spiro atoms. The standard InChI is InChI=1S/C21H26N6O3/c28-20-7-3-10-26(20)12-13-30-15-21(29)27-11-2-5-17(27)16-4-1-6-18(24-16)25-19-14-22-8-9-23-19/h1,4,6,8-9,14,17H,2-3,5,7,10-13,15H2,(H,23,24,25). The monoisotopic (exact) mass is 410 g/mol. The zero-order valence-electron chi connectivity index (χ0n) is 16.9. The summed E-state index contributed by atoms with van der Waals surface area (Å²) in [5.74, 6) is 1.41. The van der Waals surface area contributed by atoms with Crippen molar-refractivity contribution in [1.29, 1.82) is 0 Å². The van der Waals surface area contributed by atoms with E-state index in [2.05, 4.69) is 20.3 Å². The van der Waals surface area contributed by atoms with Gasteiger partial charge in [0.25, 0.3) is 0 Å². The van der Waals surface area contributed by atoms with Crippen molar-refractivity contribution in [3.63, 3.8) is 0 Å². The van der Waals surface area contributed by atoms with Gasteiger partial charge in [0, 0.05) is 38.4 Å². The molecule has 30 heavy (non-hydrogen) atoms. The molecular formula is C21H26N6O3. The minimum atomic E-state index is -0.0649. The number of likely N-dealkylation sites (tertiary alicyclic amines) is 2. The van der Waals surface area contributed by atoms with Crippen molar-refractivity contribution in [3.8, 4) is 0 Å². The van der Waals surface area contributed by atoms with Crippen molar-refractivity contribution in [3.05, 3.63) is 42.5 Å². The third-order valence-corrected chi connectivity index (χ3v) is 5.41. The van der Waals surface area contributed by atoms with E-state index in [1.165, 1.54) is 0 Å². The van der Waals surface area contributed by atoms with Crippen LogP contribution in [0.4, 0.5) is 11.6 Å². The molecule has 9 nitrogen and oxygen atoms in total. The van der Waals surface area contributed by atoms with Gasteiger partial charge in [0.05, 0.1) is 24.5 Å². The molecule has 2 saturated heterocycles. The highest BCUT2D eigenvalue weighted by atomic mass is 16.5. The fourth-order valence-electron chi connectivity index (χ4n) is 3.93. The summed E-state index contributed by atoms with van der Waals surface area (Å²) in [5.41, 5.74) is 0.845. The molecule has 1 N–H and O–H groups in total. The van der Waals surface area contributed by atoms with Crippen LogP contribution in [0.15, 0.2) is 36.8 Å². The van der Waals surface area contributed by atoms with Crippen molar-refractivity contribution in [2.24, 2.45) is 0 Å². The molecule has 0 saturated carbocycles. The second-order valence-corrected chi connectivity index (χ2v) is 7.45. The van der Waals surface area contributed by atoms with E-state index in [-0.39, 0.29) is 24.5 Å². The van der Waals surface area contributed by atoms with Crippen molar-refractivity contribution in [2.75, 3.05) is 38.2 Å². The zero-order chi connectivity index (χ0) is 20.8. The Balaban J connectivity index is 1.32. The Morgan fingerprint density at radius 1 is 1.20 bits per heavy atom. The number of nitrogens with zero attached hydrogens (tertiary/aromatic N) is 5. The molecular weight excluding hydrogens is 384 g/mol. The molecule has 2 fully saturated rings. The predicted molar refractivity (Wildman–Crippen MR) is 110 cm³/mol. The smallest absolute Gasteiger partial charge is 0.249 e. The quantitative estimate of drug-likeness (QED) is 0.664. The number of amides is 2. The molecule has 9 heteroatoms. The van der Waals surface area contributed by atoms with E-state index in [9.17, 15) is 9.59 Å². The fourth-order valence-corrected chi connectivity index (χ4v) is 3.93. The molecule has 0 radical (unpaired) electrons. The highest BCUT2D eigenvalue weighted by molar-refractivity contribution is 5.78. The number of anilines is 2. The normalized spacial score (nSPS) is 18.8. The lowest BCUT2D eigenvalue weighted by Crippen LogP contribution is -2.35. The largest absolute Gasteiger partial charge is 0.370 e. The minimum absolute atomic E-state index is 0.0239. The highest BCUT2D eigenvalue weighted by Gasteiger charge is 2.31. The van der Waals surface area contributed by atoms with Gasteiger partial charge in [0.1, 0.15) is 18.2 Å². The number of pyridine rings is 1. The lowest BCUT2D eigenvalue weighted by Gasteiger charge is -2.25. The Labute approximate surface area is 175 Å². The molecule has 2 amide bonds. The van der Waals surface area contributed by atoms with Gasteiger partial charge in [-0.2, -0.15) is 0 Å². The summed E-state index contributed by atoms with van der Waals surface area (Å²) < 4.78 is 5.57. The summed E-state index contributed by atoms with van der Waals surface area (Å²) in [6.07, 6.45) is 8.19. The van der Waals surface area contributed by atoms with Gasteiger partial charge in [-0.3, -0.25) is 14.6 Å². The molecule has 1 unspecified atom stereocenters. The second-order valence-electron chi connectivity index (χ2n) is 7.45. The molecule has 2 aliphatic rings. The topological polar surface area (TPSA) is 101 Å². The van der Waals surface area contributed by atoms with Gasteiger partial charge in [-0.05, 0) is 31.4 Å². The first-order valence-electron chi connectivity index (χ1n) is 10.4. The third kappa shape index (κ3) is 4.91. The lowest BCUT2D eigenvalue weighted by molar-refractivity contribution is -0.137. The Morgan fingerprint density at radius 3 is 2.93 bits per heavy atom. The van der Waals surface area contributed by atoms with Crippen LogP contribution >= 0.6 is 0 Å². The fraction of sp³-hybridized carbons (Fsp3) is 0.476. The molecule has 0 aliphatic carbocycles. The first-order valence-corrected chi connectivity index (χ1v) is 10.4. The van der Waals surface area contributed by atoms with Crippen LogP contribution in [0.25, 0.3) is 0 Å². The summed E-state index contributed by atoms with van der Waals surface area (Å²) in [4.78, 5) is 40.9. The SMILES string of the molecule is O=C1CCCN1CCOCC(=O)N1CCCC1c1cccc(Nc2cnccn2)n1. The molecule has 0 bridgehead atoms. The van der Waals surface area contributed by atoms with Crippen LogP contribution in [0, 0.1) is 0 Å². The predicted octanol–water partition coefficient (Wildman–Crippen LogP) is 1.92. The van der Waals surface area contributed by atoms with Crippen LogP contribution in [0.5, 0.6) is 0 Å². The van der Waals surface area contributed by atoms with Crippen LogP contribution in [-0.2, 0) is 14.3 Å². The van der Waals surface area contributed by atoms with Gasteiger partial charge >= 0.3 is 0 Å². The number of hydrogen-bond donors (Lipinski definition) is 1. The van der Waals surface area contributed by atoms with E-state index in [1.807, 2.05) is 23.1 Å². The number of ether oxygens (including phenoxy) is 1. The molecule has 1 atom stereocenters. The Morgan fingerprint density at radius 2 is 2.13 bits per heavy atom. The number of nitrogens with one attached hydrogen (secondary N) is 1. The Bertz CT molecular complexity index is 878. The zero-order valence-corrected chi connectivity index (χ0v) is 16.9. The van der Waals surface area contributed by atoms with Gasteiger partial charge < -0.3 is 19.9 Å². The maximum absolute atomic E-state index is 12.7. The van der Waals surface area contributed by atoms with Crippen molar-refractivity contribution in [2.45, 2.75) is 31.7 Å². The first kappa shape index (κ1) is 20.2. The molecule has 4 rings (SSSR count). The van der Waals surface area contributed by atoms with Crippen LogP contribution in [0.1, 0.15) is 37.4 Å². The van der Waals surface area contributed by atoms with Gasteiger partial charge in [0.2, 0.25) is 11.8 Å². The van der Waals surface area contributed by atoms with Gasteiger partial charge in [-0.15, -0.1) is 0 Å². The minimum Gasteiger partial charge on any atom is -0.370 e. The number of carbonyl (C=O) groups is 2. The number of carbonyl (C=O) groups excluding carboxylic acids is 2. The summed E-state index contributed by atoms with van der Waals surface area (Å²) in [7, 11) is 0. The molecule has 2 aliphatic heterocycles.